The maximum absolute atomic E-state index is 11.1. The van der Waals surface area contributed by atoms with Crippen molar-refractivity contribution in [2.24, 2.45) is 0 Å². The van der Waals surface area contributed by atoms with Gasteiger partial charge in [-0.3, -0.25) is 4.79 Å². The first-order valence-electron chi connectivity index (χ1n) is 5.85. The molecule has 0 atom stereocenters. The van der Waals surface area contributed by atoms with Gasteiger partial charge in [0.05, 0.1) is 5.56 Å². The van der Waals surface area contributed by atoms with Crippen molar-refractivity contribution in [2.75, 3.05) is 20.6 Å². The summed E-state index contributed by atoms with van der Waals surface area (Å²) in [6, 6.07) is 4.95. The Morgan fingerprint density at radius 1 is 1.42 bits per heavy atom. The van der Waals surface area contributed by atoms with Crippen LogP contribution in [0.15, 0.2) is 22.7 Å². The molecule has 1 aromatic rings. The molecule has 1 amide bonds. The van der Waals surface area contributed by atoms with E-state index in [0.717, 1.165) is 10.0 Å². The van der Waals surface area contributed by atoms with Crippen LogP contribution in [0.25, 0.3) is 0 Å². The fourth-order valence-electron chi connectivity index (χ4n) is 1.60. The number of aromatic carboxylic acids is 1. The van der Waals surface area contributed by atoms with Crippen LogP contribution >= 0.6 is 15.9 Å². The molecule has 0 aliphatic rings. The number of halogens is 1. The number of rotatable bonds is 6. The number of carbonyl (C=O) groups is 2. The largest absolute Gasteiger partial charge is 0.478 e. The normalized spacial score (nSPS) is 10.5. The lowest BCUT2D eigenvalue weighted by Crippen LogP contribution is -2.26. The molecule has 19 heavy (non-hydrogen) atoms. The Morgan fingerprint density at radius 3 is 2.63 bits per heavy atom. The molecular formula is C13H17BrN2O3. The van der Waals surface area contributed by atoms with Crippen LogP contribution in [-0.4, -0.2) is 42.5 Å². The first kappa shape index (κ1) is 15.7. The van der Waals surface area contributed by atoms with E-state index in [2.05, 4.69) is 21.2 Å². The highest BCUT2D eigenvalue weighted by Gasteiger charge is 2.09. The van der Waals surface area contributed by atoms with E-state index in [1.54, 1.807) is 25.2 Å². The third kappa shape index (κ3) is 5.00. The molecule has 1 rings (SSSR count). The molecule has 0 aliphatic heterocycles. The van der Waals surface area contributed by atoms with Gasteiger partial charge in [0.25, 0.3) is 0 Å². The molecule has 0 spiro atoms. The second kappa shape index (κ2) is 7.25. The first-order chi connectivity index (χ1) is 8.93. The standard InChI is InChI=1S/C13H17BrN2O3/c1-15-12(17)5-6-16(2)8-10-4-3-9(13(18)19)7-11(10)14/h3-4,7H,5-6,8H2,1-2H3,(H,15,17)(H,18,19). The first-order valence-corrected chi connectivity index (χ1v) is 6.64. The number of hydrogen-bond donors (Lipinski definition) is 2. The maximum atomic E-state index is 11.1. The van der Waals surface area contributed by atoms with Crippen LogP contribution in [0.5, 0.6) is 0 Å². The molecule has 6 heteroatoms. The van der Waals surface area contributed by atoms with Crippen molar-refractivity contribution >= 4 is 27.8 Å². The van der Waals surface area contributed by atoms with Crippen LogP contribution in [0.3, 0.4) is 0 Å². The summed E-state index contributed by atoms with van der Waals surface area (Å²) in [5, 5.41) is 11.5. The molecule has 1 aromatic carbocycles. The van der Waals surface area contributed by atoms with Gasteiger partial charge in [0.1, 0.15) is 0 Å². The summed E-state index contributed by atoms with van der Waals surface area (Å²) in [4.78, 5) is 24.0. The Bertz CT molecular complexity index is 477. The number of amides is 1. The zero-order valence-electron chi connectivity index (χ0n) is 10.9. The Balaban J connectivity index is 2.62. The molecule has 0 fully saturated rings. The van der Waals surface area contributed by atoms with Crippen molar-refractivity contribution in [3.05, 3.63) is 33.8 Å². The third-order valence-electron chi connectivity index (χ3n) is 2.74. The zero-order valence-corrected chi connectivity index (χ0v) is 12.5. The molecule has 0 radical (unpaired) electrons. The van der Waals surface area contributed by atoms with Crippen molar-refractivity contribution in [1.82, 2.24) is 10.2 Å². The van der Waals surface area contributed by atoms with Gasteiger partial charge in [-0.05, 0) is 24.7 Å². The Labute approximate surface area is 120 Å². The minimum Gasteiger partial charge on any atom is -0.478 e. The molecule has 104 valence electrons. The van der Waals surface area contributed by atoms with E-state index in [4.69, 9.17) is 5.11 Å². The summed E-state index contributed by atoms with van der Waals surface area (Å²) < 4.78 is 0.763. The van der Waals surface area contributed by atoms with Crippen molar-refractivity contribution in [3.63, 3.8) is 0 Å². The summed E-state index contributed by atoms with van der Waals surface area (Å²) in [6.45, 7) is 1.30. The molecule has 0 aromatic heterocycles. The second-order valence-corrected chi connectivity index (χ2v) is 5.13. The minimum absolute atomic E-state index is 0.00661. The fraction of sp³-hybridized carbons (Fsp3) is 0.385. The predicted octanol–water partition coefficient (Wildman–Crippen LogP) is 1.72. The number of carboxylic acids is 1. The SMILES string of the molecule is CNC(=O)CCN(C)Cc1ccc(C(=O)O)cc1Br. The van der Waals surface area contributed by atoms with E-state index < -0.39 is 5.97 Å². The number of hydrogen-bond acceptors (Lipinski definition) is 3. The van der Waals surface area contributed by atoms with Crippen LogP contribution in [0.1, 0.15) is 22.3 Å². The van der Waals surface area contributed by atoms with Crippen molar-refractivity contribution in [2.45, 2.75) is 13.0 Å². The van der Waals surface area contributed by atoms with Crippen LogP contribution < -0.4 is 5.32 Å². The highest BCUT2D eigenvalue weighted by Crippen LogP contribution is 2.20. The van der Waals surface area contributed by atoms with Gasteiger partial charge >= 0.3 is 5.97 Å². The minimum atomic E-state index is -0.944. The topological polar surface area (TPSA) is 69.6 Å². The quantitative estimate of drug-likeness (QED) is 0.834. The number of nitrogens with zero attached hydrogens (tertiary/aromatic N) is 1. The van der Waals surface area contributed by atoms with Gasteiger partial charge in [-0.25, -0.2) is 4.79 Å². The predicted molar refractivity (Wildman–Crippen MR) is 76.1 cm³/mol. The Kier molecular flexibility index (Phi) is 5.98. The Morgan fingerprint density at radius 2 is 2.11 bits per heavy atom. The van der Waals surface area contributed by atoms with Gasteiger partial charge in [-0.15, -0.1) is 0 Å². The summed E-state index contributed by atoms with van der Waals surface area (Å²) in [5.74, 6) is -0.938. The van der Waals surface area contributed by atoms with E-state index in [-0.39, 0.29) is 11.5 Å². The molecule has 0 saturated carbocycles. The van der Waals surface area contributed by atoms with Crippen molar-refractivity contribution in [3.8, 4) is 0 Å². The second-order valence-electron chi connectivity index (χ2n) is 4.27. The molecule has 0 saturated heterocycles. The number of carboxylic acid groups (broad SMARTS) is 1. The summed E-state index contributed by atoms with van der Waals surface area (Å²) >= 11 is 3.37. The average Bonchev–Trinajstić information content (AvgIpc) is 2.38. The number of carbonyl (C=O) groups excluding carboxylic acids is 1. The lowest BCUT2D eigenvalue weighted by atomic mass is 10.1. The van der Waals surface area contributed by atoms with Gasteiger partial charge in [-0.2, -0.15) is 0 Å². The fourth-order valence-corrected chi connectivity index (χ4v) is 2.10. The van der Waals surface area contributed by atoms with Gasteiger partial charge in [-0.1, -0.05) is 22.0 Å². The van der Waals surface area contributed by atoms with Gasteiger partial charge in [0.15, 0.2) is 0 Å². The third-order valence-corrected chi connectivity index (χ3v) is 3.48. The molecule has 0 aliphatic carbocycles. The Hall–Kier alpha value is -1.40. The molecule has 0 unspecified atom stereocenters. The van der Waals surface area contributed by atoms with Crippen LogP contribution in [-0.2, 0) is 11.3 Å². The van der Waals surface area contributed by atoms with E-state index in [9.17, 15) is 9.59 Å². The number of benzene rings is 1. The monoisotopic (exact) mass is 328 g/mol. The van der Waals surface area contributed by atoms with Gasteiger partial charge in [0, 0.05) is 31.0 Å². The lowest BCUT2D eigenvalue weighted by Gasteiger charge is -2.17. The highest BCUT2D eigenvalue weighted by atomic mass is 79.9. The summed E-state index contributed by atoms with van der Waals surface area (Å²) in [7, 11) is 3.53. The molecule has 0 bridgehead atoms. The average molecular weight is 329 g/mol. The van der Waals surface area contributed by atoms with Crippen molar-refractivity contribution < 1.29 is 14.7 Å². The van der Waals surface area contributed by atoms with E-state index in [0.29, 0.717) is 19.5 Å². The smallest absolute Gasteiger partial charge is 0.335 e. The number of nitrogens with one attached hydrogen (secondary N) is 1. The van der Waals surface area contributed by atoms with Gasteiger partial charge in [0.2, 0.25) is 5.91 Å². The lowest BCUT2D eigenvalue weighted by molar-refractivity contribution is -0.120. The summed E-state index contributed by atoms with van der Waals surface area (Å²) in [6.07, 6.45) is 0.442. The van der Waals surface area contributed by atoms with Gasteiger partial charge < -0.3 is 15.3 Å². The van der Waals surface area contributed by atoms with E-state index in [1.807, 2.05) is 11.9 Å². The highest BCUT2D eigenvalue weighted by molar-refractivity contribution is 9.10. The molecular weight excluding hydrogens is 312 g/mol. The van der Waals surface area contributed by atoms with E-state index in [1.165, 1.54) is 0 Å². The van der Waals surface area contributed by atoms with Crippen LogP contribution in [0.4, 0.5) is 0 Å². The van der Waals surface area contributed by atoms with Crippen molar-refractivity contribution in [1.29, 1.82) is 0 Å². The van der Waals surface area contributed by atoms with Crippen LogP contribution in [0.2, 0.25) is 0 Å². The molecule has 2 N–H and O–H groups in total. The zero-order chi connectivity index (χ0) is 14.4. The maximum Gasteiger partial charge on any atom is 0.335 e. The van der Waals surface area contributed by atoms with Crippen LogP contribution in [0, 0.1) is 0 Å². The van der Waals surface area contributed by atoms with E-state index >= 15 is 0 Å². The molecule has 5 nitrogen and oxygen atoms in total. The summed E-state index contributed by atoms with van der Waals surface area (Å²) in [5.41, 5.74) is 1.24. The molecule has 0 heterocycles.